The Morgan fingerprint density at radius 1 is 1.25 bits per heavy atom. The molecule has 0 spiro atoms. The normalized spacial score (nSPS) is 17.2. The Bertz CT molecular complexity index is 626. The van der Waals surface area contributed by atoms with Crippen LogP contribution >= 0.6 is 0 Å². The number of rotatable bonds is 7. The molecule has 2 heterocycles. The predicted molar refractivity (Wildman–Crippen MR) is 97.3 cm³/mol. The summed E-state index contributed by atoms with van der Waals surface area (Å²) in [6, 6.07) is 12.9. The van der Waals surface area contributed by atoms with Gasteiger partial charge in [-0.1, -0.05) is 30.3 Å². The minimum Gasteiger partial charge on any atom is -0.376 e. The third kappa shape index (κ3) is 4.45. The molecule has 5 nitrogen and oxygen atoms in total. The number of hydrogen-bond acceptors (Lipinski definition) is 5. The Kier molecular flexibility index (Phi) is 5.64. The lowest BCUT2D eigenvalue weighted by molar-refractivity contribution is 0.120. The highest BCUT2D eigenvalue weighted by atomic mass is 16.5. The highest BCUT2D eigenvalue weighted by molar-refractivity contribution is 5.49. The molecule has 0 radical (unpaired) electrons. The van der Waals surface area contributed by atoms with Crippen LogP contribution in [0.4, 0.5) is 11.6 Å². The molecule has 1 aromatic carbocycles. The molecule has 2 aromatic rings. The third-order valence-corrected chi connectivity index (χ3v) is 4.30. The summed E-state index contributed by atoms with van der Waals surface area (Å²) in [7, 11) is 0. The van der Waals surface area contributed by atoms with Gasteiger partial charge in [0, 0.05) is 31.8 Å². The zero-order valence-corrected chi connectivity index (χ0v) is 14.5. The standard InChI is InChI=1S/C19H26N4O/c1-15(2)23(13-16-7-4-3-5-8-16)19-11-18(21-14-22-19)20-12-17-9-6-10-24-17/h3-5,7-8,11,14-15,17H,6,9-10,12-13H2,1-2H3,(H,20,21,22). The summed E-state index contributed by atoms with van der Waals surface area (Å²) in [5.41, 5.74) is 1.28. The van der Waals surface area contributed by atoms with Gasteiger partial charge >= 0.3 is 0 Å². The summed E-state index contributed by atoms with van der Waals surface area (Å²) in [4.78, 5) is 11.1. The molecule has 1 N–H and O–H groups in total. The van der Waals surface area contributed by atoms with E-state index in [-0.39, 0.29) is 0 Å². The zero-order chi connectivity index (χ0) is 16.8. The fourth-order valence-electron chi connectivity index (χ4n) is 2.93. The molecule has 24 heavy (non-hydrogen) atoms. The second-order valence-corrected chi connectivity index (χ2v) is 6.48. The minimum atomic E-state index is 0.300. The lowest BCUT2D eigenvalue weighted by atomic mass is 10.2. The largest absolute Gasteiger partial charge is 0.376 e. The van der Waals surface area contributed by atoms with Crippen LogP contribution in [-0.2, 0) is 11.3 Å². The highest BCUT2D eigenvalue weighted by Gasteiger charge is 2.16. The Morgan fingerprint density at radius 3 is 2.79 bits per heavy atom. The maximum Gasteiger partial charge on any atom is 0.134 e. The molecule has 0 saturated carbocycles. The number of ether oxygens (including phenoxy) is 1. The summed E-state index contributed by atoms with van der Waals surface area (Å²) >= 11 is 0. The number of nitrogens with one attached hydrogen (secondary N) is 1. The van der Waals surface area contributed by atoms with Crippen molar-refractivity contribution in [2.24, 2.45) is 0 Å². The van der Waals surface area contributed by atoms with E-state index in [1.165, 1.54) is 5.56 Å². The molecule has 1 aliphatic heterocycles. The van der Waals surface area contributed by atoms with Crippen LogP contribution in [0.5, 0.6) is 0 Å². The highest BCUT2D eigenvalue weighted by Crippen LogP contribution is 2.20. The Hall–Kier alpha value is -2.14. The Morgan fingerprint density at radius 2 is 2.08 bits per heavy atom. The van der Waals surface area contributed by atoms with Crippen LogP contribution in [-0.4, -0.2) is 35.3 Å². The summed E-state index contributed by atoms with van der Waals surface area (Å²) in [5, 5.41) is 3.38. The van der Waals surface area contributed by atoms with Crippen molar-refractivity contribution in [3.05, 3.63) is 48.3 Å². The van der Waals surface area contributed by atoms with E-state index in [4.69, 9.17) is 4.74 Å². The van der Waals surface area contributed by atoms with E-state index in [1.54, 1.807) is 6.33 Å². The minimum absolute atomic E-state index is 0.300. The van der Waals surface area contributed by atoms with E-state index in [0.29, 0.717) is 12.1 Å². The molecule has 0 amide bonds. The summed E-state index contributed by atoms with van der Waals surface area (Å²) in [6.45, 7) is 6.88. The Labute approximate surface area is 144 Å². The van der Waals surface area contributed by atoms with Gasteiger partial charge < -0.3 is 15.0 Å². The van der Waals surface area contributed by atoms with Gasteiger partial charge in [0.25, 0.3) is 0 Å². The van der Waals surface area contributed by atoms with Crippen LogP contribution < -0.4 is 10.2 Å². The number of hydrogen-bond donors (Lipinski definition) is 1. The van der Waals surface area contributed by atoms with Crippen molar-refractivity contribution in [2.75, 3.05) is 23.4 Å². The van der Waals surface area contributed by atoms with E-state index in [9.17, 15) is 0 Å². The molecule has 5 heteroatoms. The molecule has 1 aromatic heterocycles. The van der Waals surface area contributed by atoms with Crippen molar-refractivity contribution in [2.45, 2.75) is 45.4 Å². The molecular formula is C19H26N4O. The topological polar surface area (TPSA) is 50.3 Å². The van der Waals surface area contributed by atoms with Crippen molar-refractivity contribution >= 4 is 11.6 Å². The van der Waals surface area contributed by atoms with Gasteiger partial charge in [0.15, 0.2) is 0 Å². The summed E-state index contributed by atoms with van der Waals surface area (Å²) < 4.78 is 5.65. The van der Waals surface area contributed by atoms with E-state index in [1.807, 2.05) is 12.1 Å². The number of aromatic nitrogens is 2. The molecule has 1 fully saturated rings. The van der Waals surface area contributed by atoms with Crippen molar-refractivity contribution in [3.8, 4) is 0 Å². The zero-order valence-electron chi connectivity index (χ0n) is 14.5. The number of benzene rings is 1. The van der Waals surface area contributed by atoms with Gasteiger partial charge in [0.1, 0.15) is 18.0 Å². The molecule has 1 aliphatic rings. The van der Waals surface area contributed by atoms with Crippen LogP contribution in [0.2, 0.25) is 0 Å². The fraction of sp³-hybridized carbons (Fsp3) is 0.474. The van der Waals surface area contributed by atoms with Gasteiger partial charge in [-0.15, -0.1) is 0 Å². The van der Waals surface area contributed by atoms with Crippen LogP contribution in [0.3, 0.4) is 0 Å². The Balaban J connectivity index is 1.69. The number of nitrogens with zero attached hydrogens (tertiary/aromatic N) is 3. The molecule has 1 unspecified atom stereocenters. The van der Waals surface area contributed by atoms with Gasteiger partial charge in [0.2, 0.25) is 0 Å². The second-order valence-electron chi connectivity index (χ2n) is 6.48. The van der Waals surface area contributed by atoms with Gasteiger partial charge in [-0.2, -0.15) is 0 Å². The summed E-state index contributed by atoms with van der Waals surface area (Å²) in [5.74, 6) is 1.80. The molecule has 1 saturated heterocycles. The van der Waals surface area contributed by atoms with Crippen molar-refractivity contribution in [3.63, 3.8) is 0 Å². The van der Waals surface area contributed by atoms with Crippen LogP contribution in [0.15, 0.2) is 42.7 Å². The van der Waals surface area contributed by atoms with Gasteiger partial charge in [-0.25, -0.2) is 9.97 Å². The first-order chi connectivity index (χ1) is 11.7. The number of anilines is 2. The van der Waals surface area contributed by atoms with Crippen molar-refractivity contribution in [1.82, 2.24) is 9.97 Å². The van der Waals surface area contributed by atoms with E-state index >= 15 is 0 Å². The van der Waals surface area contributed by atoms with Crippen molar-refractivity contribution in [1.29, 1.82) is 0 Å². The quantitative estimate of drug-likeness (QED) is 0.844. The van der Waals surface area contributed by atoms with Gasteiger partial charge in [-0.05, 0) is 32.3 Å². The van der Waals surface area contributed by atoms with Gasteiger partial charge in [-0.3, -0.25) is 0 Å². The molecular weight excluding hydrogens is 300 g/mol. The van der Waals surface area contributed by atoms with Crippen LogP contribution in [0.1, 0.15) is 32.3 Å². The van der Waals surface area contributed by atoms with Crippen molar-refractivity contribution < 1.29 is 4.74 Å². The maximum absolute atomic E-state index is 5.65. The first kappa shape index (κ1) is 16.7. The molecule has 1 atom stereocenters. The first-order valence-electron chi connectivity index (χ1n) is 8.70. The van der Waals surface area contributed by atoms with Gasteiger partial charge in [0.05, 0.1) is 6.10 Å². The van der Waals surface area contributed by atoms with Crippen LogP contribution in [0, 0.1) is 0 Å². The smallest absolute Gasteiger partial charge is 0.134 e. The maximum atomic E-state index is 5.65. The molecule has 3 rings (SSSR count). The molecule has 0 aliphatic carbocycles. The van der Waals surface area contributed by atoms with E-state index in [2.05, 4.69) is 58.3 Å². The SMILES string of the molecule is CC(C)N(Cc1ccccc1)c1cc(NCC2CCCO2)ncn1. The molecule has 128 valence electrons. The lowest BCUT2D eigenvalue weighted by Crippen LogP contribution is -2.31. The van der Waals surface area contributed by atoms with Crippen LogP contribution in [0.25, 0.3) is 0 Å². The lowest BCUT2D eigenvalue weighted by Gasteiger charge is -2.28. The first-order valence-corrected chi connectivity index (χ1v) is 8.70. The third-order valence-electron chi connectivity index (χ3n) is 4.30. The predicted octanol–water partition coefficient (Wildman–Crippen LogP) is 3.48. The monoisotopic (exact) mass is 326 g/mol. The average Bonchev–Trinajstić information content (AvgIpc) is 3.12. The fourth-order valence-corrected chi connectivity index (χ4v) is 2.93. The van der Waals surface area contributed by atoms with E-state index in [0.717, 1.165) is 44.2 Å². The molecule has 0 bridgehead atoms. The second kappa shape index (κ2) is 8.11. The average molecular weight is 326 g/mol. The van der Waals surface area contributed by atoms with E-state index < -0.39 is 0 Å². The summed E-state index contributed by atoms with van der Waals surface area (Å²) in [6.07, 6.45) is 4.21.